The molecule has 1 rings (SSSR count). The molecule has 0 atom stereocenters. The van der Waals surface area contributed by atoms with Crippen molar-refractivity contribution in [1.82, 2.24) is 5.32 Å². The number of benzene rings is 1. The van der Waals surface area contributed by atoms with Crippen molar-refractivity contribution in [2.45, 2.75) is 13.8 Å². The van der Waals surface area contributed by atoms with Gasteiger partial charge in [0.2, 0.25) is 0 Å². The average Bonchev–Trinajstić information content (AvgIpc) is 2.34. The van der Waals surface area contributed by atoms with Gasteiger partial charge >= 0.3 is 5.97 Å². The summed E-state index contributed by atoms with van der Waals surface area (Å²) in [5, 5.41) is 11.4. The van der Waals surface area contributed by atoms with Gasteiger partial charge in [0.25, 0.3) is 5.91 Å². The summed E-state index contributed by atoms with van der Waals surface area (Å²) in [6.45, 7) is 4.55. The van der Waals surface area contributed by atoms with Gasteiger partial charge in [0.1, 0.15) is 5.75 Å². The maximum absolute atomic E-state index is 11.4. The molecule has 0 bridgehead atoms. The van der Waals surface area contributed by atoms with E-state index in [4.69, 9.17) is 9.84 Å². The summed E-state index contributed by atoms with van der Waals surface area (Å²) in [6, 6.07) is 5.92. The zero-order chi connectivity index (χ0) is 13.5. The highest BCUT2D eigenvalue weighted by atomic mass is 16.5. The molecule has 0 aliphatic rings. The minimum atomic E-state index is -0.990. The van der Waals surface area contributed by atoms with Crippen molar-refractivity contribution < 1.29 is 19.4 Å². The molecule has 5 heteroatoms. The molecule has 0 radical (unpaired) electrons. The molecule has 2 N–H and O–H groups in total. The highest BCUT2D eigenvalue weighted by Gasteiger charge is 2.05. The molecule has 0 saturated heterocycles. The summed E-state index contributed by atoms with van der Waals surface area (Å²) in [5.74, 6) is -0.314. The molecule has 0 unspecified atom stereocenters. The molecule has 1 aromatic rings. The van der Waals surface area contributed by atoms with Gasteiger partial charge in [-0.15, -0.1) is 0 Å². The average molecular weight is 251 g/mol. The van der Waals surface area contributed by atoms with Crippen LogP contribution in [0.4, 0.5) is 0 Å². The van der Waals surface area contributed by atoms with Crippen LogP contribution < -0.4 is 10.1 Å². The van der Waals surface area contributed by atoms with E-state index < -0.39 is 5.97 Å². The summed E-state index contributed by atoms with van der Waals surface area (Å²) in [4.78, 5) is 22.0. The van der Waals surface area contributed by atoms with E-state index >= 15 is 0 Å². The number of amides is 1. The topological polar surface area (TPSA) is 75.6 Å². The van der Waals surface area contributed by atoms with Crippen molar-refractivity contribution in [3.05, 3.63) is 29.8 Å². The third kappa shape index (κ3) is 4.86. The second kappa shape index (κ2) is 6.64. The third-order valence-corrected chi connectivity index (χ3v) is 2.18. The number of hydrogen-bond donors (Lipinski definition) is 2. The van der Waals surface area contributed by atoms with E-state index in [-0.39, 0.29) is 18.1 Å². The van der Waals surface area contributed by atoms with Crippen molar-refractivity contribution in [1.29, 1.82) is 0 Å². The van der Waals surface area contributed by atoms with E-state index in [0.717, 1.165) is 0 Å². The van der Waals surface area contributed by atoms with Gasteiger partial charge in [0.05, 0.1) is 5.56 Å². The first-order valence-corrected chi connectivity index (χ1v) is 5.72. The highest BCUT2D eigenvalue weighted by Crippen LogP contribution is 2.11. The summed E-state index contributed by atoms with van der Waals surface area (Å²) >= 11 is 0. The number of carbonyl (C=O) groups excluding carboxylic acids is 1. The molecule has 0 spiro atoms. The minimum absolute atomic E-state index is 0.0703. The molecule has 0 aromatic heterocycles. The lowest BCUT2D eigenvalue weighted by molar-refractivity contribution is -0.123. The molecule has 5 nitrogen and oxygen atoms in total. The molecular weight excluding hydrogens is 234 g/mol. The maximum atomic E-state index is 11.4. The number of nitrogens with one attached hydrogen (secondary N) is 1. The van der Waals surface area contributed by atoms with Crippen LogP contribution in [-0.4, -0.2) is 30.1 Å². The van der Waals surface area contributed by atoms with Crippen molar-refractivity contribution in [2.24, 2.45) is 5.92 Å². The third-order valence-electron chi connectivity index (χ3n) is 2.18. The summed E-state index contributed by atoms with van der Waals surface area (Å²) in [7, 11) is 0. The number of carboxylic acids is 1. The summed E-state index contributed by atoms with van der Waals surface area (Å²) in [6.07, 6.45) is 0. The molecule has 0 aliphatic heterocycles. The second-order valence-electron chi connectivity index (χ2n) is 4.32. The SMILES string of the molecule is CC(C)CNC(=O)COc1ccc(C(=O)O)cc1. The van der Waals surface area contributed by atoms with E-state index in [2.05, 4.69) is 5.32 Å². The van der Waals surface area contributed by atoms with Crippen LogP contribution in [0.15, 0.2) is 24.3 Å². The molecule has 98 valence electrons. The van der Waals surface area contributed by atoms with Crippen molar-refractivity contribution in [2.75, 3.05) is 13.2 Å². The van der Waals surface area contributed by atoms with Crippen molar-refractivity contribution in [3.8, 4) is 5.75 Å². The van der Waals surface area contributed by atoms with E-state index in [1.165, 1.54) is 24.3 Å². The van der Waals surface area contributed by atoms with Gasteiger partial charge in [-0.1, -0.05) is 13.8 Å². The number of aromatic carboxylic acids is 1. The van der Waals surface area contributed by atoms with Gasteiger partial charge in [0, 0.05) is 6.54 Å². The monoisotopic (exact) mass is 251 g/mol. The number of ether oxygens (including phenoxy) is 1. The molecule has 18 heavy (non-hydrogen) atoms. The number of hydrogen-bond acceptors (Lipinski definition) is 3. The first-order chi connectivity index (χ1) is 8.49. The fourth-order valence-electron chi connectivity index (χ4n) is 1.21. The first-order valence-electron chi connectivity index (χ1n) is 5.72. The lowest BCUT2D eigenvalue weighted by atomic mass is 10.2. The van der Waals surface area contributed by atoms with Gasteiger partial charge in [0.15, 0.2) is 6.61 Å². The Balaban J connectivity index is 2.39. The summed E-state index contributed by atoms with van der Waals surface area (Å²) < 4.78 is 5.23. The molecule has 0 heterocycles. The first kappa shape index (κ1) is 14.0. The van der Waals surface area contributed by atoms with Crippen LogP contribution in [-0.2, 0) is 4.79 Å². The predicted octanol–water partition coefficient (Wildman–Crippen LogP) is 1.54. The molecule has 0 aliphatic carbocycles. The van der Waals surface area contributed by atoms with Crippen LogP contribution in [0.2, 0.25) is 0 Å². The van der Waals surface area contributed by atoms with Crippen LogP contribution in [0.5, 0.6) is 5.75 Å². The van der Waals surface area contributed by atoms with E-state index in [0.29, 0.717) is 18.2 Å². The van der Waals surface area contributed by atoms with Crippen molar-refractivity contribution in [3.63, 3.8) is 0 Å². The summed E-state index contributed by atoms with van der Waals surface area (Å²) in [5.41, 5.74) is 0.187. The van der Waals surface area contributed by atoms with E-state index in [1.54, 1.807) is 0 Å². The lowest BCUT2D eigenvalue weighted by Gasteiger charge is -2.09. The Labute approximate surface area is 106 Å². The van der Waals surface area contributed by atoms with Gasteiger partial charge in [-0.3, -0.25) is 4.79 Å². The Hall–Kier alpha value is -2.04. The molecule has 1 aromatic carbocycles. The Bertz CT molecular complexity index is 412. The zero-order valence-corrected chi connectivity index (χ0v) is 10.5. The van der Waals surface area contributed by atoms with Crippen LogP contribution in [0.1, 0.15) is 24.2 Å². The molecule has 0 saturated carbocycles. The van der Waals surface area contributed by atoms with Gasteiger partial charge in [-0.25, -0.2) is 4.79 Å². The van der Waals surface area contributed by atoms with Gasteiger partial charge < -0.3 is 15.2 Å². The molecule has 1 amide bonds. The normalized spacial score (nSPS) is 10.2. The van der Waals surface area contributed by atoms with Gasteiger partial charge in [-0.05, 0) is 30.2 Å². The largest absolute Gasteiger partial charge is 0.484 e. The lowest BCUT2D eigenvalue weighted by Crippen LogP contribution is -2.31. The van der Waals surface area contributed by atoms with Crippen LogP contribution >= 0.6 is 0 Å². The zero-order valence-electron chi connectivity index (χ0n) is 10.5. The highest BCUT2D eigenvalue weighted by molar-refractivity contribution is 5.87. The Morgan fingerprint density at radius 3 is 2.39 bits per heavy atom. The number of carboxylic acid groups (broad SMARTS) is 1. The van der Waals surface area contributed by atoms with E-state index in [1.807, 2.05) is 13.8 Å². The molecule has 0 fully saturated rings. The Morgan fingerprint density at radius 2 is 1.89 bits per heavy atom. The van der Waals surface area contributed by atoms with Crippen LogP contribution in [0, 0.1) is 5.92 Å². The number of rotatable bonds is 6. The van der Waals surface area contributed by atoms with Crippen LogP contribution in [0.3, 0.4) is 0 Å². The quantitative estimate of drug-likeness (QED) is 0.804. The van der Waals surface area contributed by atoms with Gasteiger partial charge in [-0.2, -0.15) is 0 Å². The Kier molecular flexibility index (Phi) is 5.17. The van der Waals surface area contributed by atoms with E-state index in [9.17, 15) is 9.59 Å². The predicted molar refractivity (Wildman–Crippen MR) is 66.7 cm³/mol. The standard InChI is InChI=1S/C13H17NO4/c1-9(2)7-14-12(15)8-18-11-5-3-10(4-6-11)13(16)17/h3-6,9H,7-8H2,1-2H3,(H,14,15)(H,16,17). The smallest absolute Gasteiger partial charge is 0.335 e. The Morgan fingerprint density at radius 1 is 1.28 bits per heavy atom. The maximum Gasteiger partial charge on any atom is 0.335 e. The number of carbonyl (C=O) groups is 2. The fraction of sp³-hybridized carbons (Fsp3) is 0.385. The van der Waals surface area contributed by atoms with Crippen LogP contribution in [0.25, 0.3) is 0 Å². The second-order valence-corrected chi connectivity index (χ2v) is 4.32. The van der Waals surface area contributed by atoms with Crippen molar-refractivity contribution >= 4 is 11.9 Å². The minimum Gasteiger partial charge on any atom is -0.484 e. The molecular formula is C13H17NO4. The fourth-order valence-corrected chi connectivity index (χ4v) is 1.21.